The molecule has 1 aliphatic heterocycles. The van der Waals surface area contributed by atoms with E-state index in [1.165, 1.54) is 6.07 Å². The molecule has 1 aromatic carbocycles. The lowest BCUT2D eigenvalue weighted by Crippen LogP contribution is -2.54. The molecule has 1 unspecified atom stereocenters. The first-order chi connectivity index (χ1) is 10.2. The van der Waals surface area contributed by atoms with Gasteiger partial charge in [0, 0.05) is 6.54 Å². The minimum absolute atomic E-state index is 0.0306. The molecule has 1 N–H and O–H groups in total. The summed E-state index contributed by atoms with van der Waals surface area (Å²) in [7, 11) is -7.62. The van der Waals surface area contributed by atoms with Gasteiger partial charge < -0.3 is 5.11 Å². The van der Waals surface area contributed by atoms with E-state index in [1.54, 1.807) is 25.1 Å². The summed E-state index contributed by atoms with van der Waals surface area (Å²) in [5, 5.41) is 9.21. The molecule has 0 saturated carbocycles. The van der Waals surface area contributed by atoms with Crippen molar-refractivity contribution in [1.82, 2.24) is 4.31 Å². The van der Waals surface area contributed by atoms with Gasteiger partial charge in [0.1, 0.15) is 6.04 Å². The average molecular weight is 347 g/mol. The molecule has 0 amide bonds. The number of aliphatic carboxylic acids is 1. The van der Waals surface area contributed by atoms with Crippen LogP contribution in [0.15, 0.2) is 29.2 Å². The smallest absolute Gasteiger partial charge is 0.323 e. The Labute approximate surface area is 129 Å². The third-order valence-electron chi connectivity index (χ3n) is 3.61. The number of carboxylic acids is 1. The molecule has 1 aromatic rings. The summed E-state index contributed by atoms with van der Waals surface area (Å²) in [4.78, 5) is 11.3. The predicted molar refractivity (Wildman–Crippen MR) is 79.8 cm³/mol. The second kappa shape index (κ2) is 5.98. The second-order valence-corrected chi connectivity index (χ2v) is 9.13. The maximum Gasteiger partial charge on any atom is 0.323 e. The molecule has 1 aliphatic rings. The zero-order valence-corrected chi connectivity index (χ0v) is 13.6. The highest BCUT2D eigenvalue weighted by molar-refractivity contribution is 7.92. The summed E-state index contributed by atoms with van der Waals surface area (Å²) in [6.45, 7) is 1.45. The van der Waals surface area contributed by atoms with Crippen LogP contribution in [0.5, 0.6) is 0 Å². The summed E-state index contributed by atoms with van der Waals surface area (Å²) >= 11 is 0. The summed E-state index contributed by atoms with van der Waals surface area (Å²) in [6, 6.07) is 4.74. The van der Waals surface area contributed by atoms with E-state index in [0.29, 0.717) is 12.0 Å². The largest absolute Gasteiger partial charge is 0.480 e. The van der Waals surface area contributed by atoms with Crippen molar-refractivity contribution in [2.24, 2.45) is 0 Å². The molecule has 0 radical (unpaired) electrons. The van der Waals surface area contributed by atoms with Gasteiger partial charge in [-0.15, -0.1) is 0 Å². The number of nitrogens with zero attached hydrogens (tertiary/aromatic N) is 1. The minimum Gasteiger partial charge on any atom is -0.480 e. The molecule has 1 saturated heterocycles. The summed E-state index contributed by atoms with van der Waals surface area (Å²) in [6.07, 6.45) is 0.472. The van der Waals surface area contributed by atoms with Crippen LogP contribution < -0.4 is 0 Å². The van der Waals surface area contributed by atoms with Crippen LogP contribution in [0, 0.1) is 0 Å². The molecule has 22 heavy (non-hydrogen) atoms. The Hall–Kier alpha value is -1.45. The highest BCUT2D eigenvalue weighted by Gasteiger charge is 2.43. The number of benzene rings is 1. The van der Waals surface area contributed by atoms with Gasteiger partial charge in [0.2, 0.25) is 10.0 Å². The zero-order valence-electron chi connectivity index (χ0n) is 12.0. The molecule has 0 aromatic heterocycles. The molecule has 1 fully saturated rings. The number of rotatable bonds is 4. The van der Waals surface area contributed by atoms with Gasteiger partial charge in [-0.3, -0.25) is 4.79 Å². The maximum absolute atomic E-state index is 12.8. The maximum atomic E-state index is 12.8. The highest BCUT2D eigenvalue weighted by atomic mass is 32.2. The lowest BCUT2D eigenvalue weighted by molar-refractivity contribution is -0.140. The molecule has 1 atom stereocenters. The Morgan fingerprint density at radius 1 is 1.36 bits per heavy atom. The Balaban J connectivity index is 2.50. The number of aryl methyl sites for hydroxylation is 1. The van der Waals surface area contributed by atoms with Crippen LogP contribution in [0.25, 0.3) is 0 Å². The molecule has 7 nitrogen and oxygen atoms in total. The molecule has 9 heteroatoms. The lowest BCUT2D eigenvalue weighted by atomic mass is 10.2. The van der Waals surface area contributed by atoms with E-state index in [4.69, 9.17) is 0 Å². The highest BCUT2D eigenvalue weighted by Crippen LogP contribution is 2.25. The fraction of sp³-hybridized carbons (Fsp3) is 0.462. The first-order valence-corrected chi connectivity index (χ1v) is 9.98. The standard InChI is InChI=1S/C13H17NO6S2/c1-2-10-5-3-4-6-12(10)22(19,20)14-7-8-21(17,18)9-11(14)13(15)16/h3-6,11H,2,7-9H2,1H3,(H,15,16). The van der Waals surface area contributed by atoms with Crippen LogP contribution in [0.3, 0.4) is 0 Å². The minimum atomic E-state index is -4.06. The van der Waals surface area contributed by atoms with Crippen molar-refractivity contribution >= 4 is 25.8 Å². The molecular formula is C13H17NO6S2. The van der Waals surface area contributed by atoms with Gasteiger partial charge in [-0.05, 0) is 18.1 Å². The van der Waals surface area contributed by atoms with Crippen LogP contribution in [0.2, 0.25) is 0 Å². The Morgan fingerprint density at radius 3 is 2.59 bits per heavy atom. The number of carboxylic acid groups (broad SMARTS) is 1. The molecular weight excluding hydrogens is 330 g/mol. The average Bonchev–Trinajstić information content (AvgIpc) is 2.45. The number of hydrogen-bond acceptors (Lipinski definition) is 5. The summed E-state index contributed by atoms with van der Waals surface area (Å²) in [5.74, 6) is -2.53. The SMILES string of the molecule is CCc1ccccc1S(=O)(=O)N1CCS(=O)(=O)CC1C(=O)O. The predicted octanol–water partition coefficient (Wildman–Crippen LogP) is 0.121. The van der Waals surface area contributed by atoms with Crippen molar-refractivity contribution in [2.75, 3.05) is 18.1 Å². The van der Waals surface area contributed by atoms with Gasteiger partial charge in [-0.2, -0.15) is 4.31 Å². The van der Waals surface area contributed by atoms with E-state index in [9.17, 15) is 26.7 Å². The van der Waals surface area contributed by atoms with Crippen molar-refractivity contribution in [3.63, 3.8) is 0 Å². The molecule has 0 aliphatic carbocycles. The Morgan fingerprint density at radius 2 is 2.00 bits per heavy atom. The summed E-state index contributed by atoms with van der Waals surface area (Å²) < 4.78 is 49.5. The number of carbonyl (C=O) groups is 1. The van der Waals surface area contributed by atoms with E-state index in [-0.39, 0.29) is 17.2 Å². The Kier molecular flexibility index (Phi) is 4.59. The summed E-state index contributed by atoms with van der Waals surface area (Å²) in [5.41, 5.74) is 0.570. The van der Waals surface area contributed by atoms with Crippen molar-refractivity contribution in [3.05, 3.63) is 29.8 Å². The van der Waals surface area contributed by atoms with Crippen LogP contribution in [0.4, 0.5) is 0 Å². The normalized spacial score (nSPS) is 22.3. The zero-order chi connectivity index (χ0) is 16.5. The topological polar surface area (TPSA) is 109 Å². The van der Waals surface area contributed by atoms with Crippen molar-refractivity contribution in [3.8, 4) is 0 Å². The van der Waals surface area contributed by atoms with Crippen molar-refractivity contribution < 1.29 is 26.7 Å². The molecule has 0 bridgehead atoms. The van der Waals surface area contributed by atoms with Gasteiger partial charge in [-0.1, -0.05) is 25.1 Å². The molecule has 2 rings (SSSR count). The van der Waals surface area contributed by atoms with Crippen LogP contribution >= 0.6 is 0 Å². The van der Waals surface area contributed by atoms with Crippen LogP contribution in [-0.4, -0.2) is 56.3 Å². The first kappa shape index (κ1) is 16.9. The van der Waals surface area contributed by atoms with Crippen molar-refractivity contribution in [1.29, 1.82) is 0 Å². The lowest BCUT2D eigenvalue weighted by Gasteiger charge is -2.32. The number of sulfone groups is 1. The third kappa shape index (κ3) is 3.16. The van der Waals surface area contributed by atoms with Gasteiger partial charge in [0.25, 0.3) is 0 Å². The van der Waals surface area contributed by atoms with Crippen LogP contribution in [-0.2, 0) is 31.1 Å². The molecule has 1 heterocycles. The number of hydrogen-bond donors (Lipinski definition) is 1. The van der Waals surface area contributed by atoms with Gasteiger partial charge >= 0.3 is 5.97 Å². The first-order valence-electron chi connectivity index (χ1n) is 6.72. The second-order valence-electron chi connectivity index (χ2n) is 5.05. The van der Waals surface area contributed by atoms with E-state index in [1.807, 2.05) is 0 Å². The number of sulfonamides is 1. The van der Waals surface area contributed by atoms with Crippen LogP contribution in [0.1, 0.15) is 12.5 Å². The van der Waals surface area contributed by atoms with Gasteiger partial charge in [-0.25, -0.2) is 16.8 Å². The van der Waals surface area contributed by atoms with Gasteiger partial charge in [0.15, 0.2) is 9.84 Å². The van der Waals surface area contributed by atoms with E-state index >= 15 is 0 Å². The fourth-order valence-corrected chi connectivity index (χ4v) is 5.98. The van der Waals surface area contributed by atoms with E-state index in [0.717, 1.165) is 4.31 Å². The monoisotopic (exact) mass is 347 g/mol. The van der Waals surface area contributed by atoms with E-state index in [2.05, 4.69) is 0 Å². The molecule has 122 valence electrons. The third-order valence-corrected chi connectivity index (χ3v) is 7.24. The van der Waals surface area contributed by atoms with Crippen molar-refractivity contribution in [2.45, 2.75) is 24.3 Å². The Bertz CT molecular complexity index is 785. The molecule has 0 spiro atoms. The van der Waals surface area contributed by atoms with Gasteiger partial charge in [0.05, 0.1) is 16.4 Å². The van der Waals surface area contributed by atoms with E-state index < -0.39 is 37.6 Å². The fourth-order valence-electron chi connectivity index (χ4n) is 2.45. The quantitative estimate of drug-likeness (QED) is 0.829.